The Bertz CT molecular complexity index is 599. The molecule has 2 aromatic rings. The van der Waals surface area contributed by atoms with Crippen LogP contribution in [0.4, 0.5) is 11.4 Å². The molecule has 0 atom stereocenters. The molecule has 0 amide bonds. The summed E-state index contributed by atoms with van der Waals surface area (Å²) in [5.41, 5.74) is 2.99. The molecule has 2 rings (SSSR count). The molecule has 3 nitrogen and oxygen atoms in total. The highest BCUT2D eigenvalue weighted by molar-refractivity contribution is 7.80. The van der Waals surface area contributed by atoms with Gasteiger partial charge in [-0.15, -0.1) is 0 Å². The highest BCUT2D eigenvalue weighted by Gasteiger charge is 2.03. The van der Waals surface area contributed by atoms with E-state index < -0.39 is 0 Å². The maximum Gasteiger partial charge on any atom is 0.175 e. The van der Waals surface area contributed by atoms with Crippen molar-refractivity contribution in [2.45, 2.75) is 26.2 Å². The zero-order valence-electron chi connectivity index (χ0n) is 11.9. The van der Waals surface area contributed by atoms with E-state index in [0.29, 0.717) is 16.0 Å². The summed E-state index contributed by atoms with van der Waals surface area (Å²) in [7, 11) is 0. The first-order valence-electron chi connectivity index (χ1n) is 6.96. The van der Waals surface area contributed by atoms with Gasteiger partial charge in [-0.1, -0.05) is 37.1 Å². The molecule has 0 saturated carbocycles. The van der Waals surface area contributed by atoms with E-state index in [1.165, 1.54) is 18.4 Å². The topological polar surface area (TPSA) is 37.0 Å². The van der Waals surface area contributed by atoms with E-state index in [0.717, 1.165) is 12.1 Å². The Hall–Kier alpha value is -1.65. The zero-order valence-corrected chi connectivity index (χ0v) is 13.5. The molecule has 0 aliphatic rings. The number of thiocarbonyl (C=S) groups is 1. The van der Waals surface area contributed by atoms with Crippen LogP contribution in [0.25, 0.3) is 0 Å². The largest absolute Gasteiger partial charge is 0.332 e. The minimum absolute atomic E-state index is 0.400. The van der Waals surface area contributed by atoms with Gasteiger partial charge in [-0.05, 0) is 54.9 Å². The third-order valence-electron chi connectivity index (χ3n) is 3.04. The van der Waals surface area contributed by atoms with Crippen LogP contribution < -0.4 is 10.6 Å². The van der Waals surface area contributed by atoms with Crippen LogP contribution in [0.1, 0.15) is 25.3 Å². The SMILES string of the molecule is CCCCc1ccc(NC(=S)Nc2cccnc2Cl)cc1. The molecule has 21 heavy (non-hydrogen) atoms. The second-order valence-corrected chi connectivity index (χ2v) is 5.49. The molecular formula is C16H18ClN3S. The van der Waals surface area contributed by atoms with Crippen molar-refractivity contribution >= 4 is 40.3 Å². The zero-order chi connectivity index (χ0) is 15.1. The number of anilines is 2. The lowest BCUT2D eigenvalue weighted by molar-refractivity contribution is 0.795. The number of benzene rings is 1. The van der Waals surface area contributed by atoms with E-state index in [1.54, 1.807) is 12.3 Å². The summed E-state index contributed by atoms with van der Waals surface area (Å²) in [6, 6.07) is 11.9. The van der Waals surface area contributed by atoms with E-state index in [2.05, 4.69) is 34.7 Å². The van der Waals surface area contributed by atoms with Gasteiger partial charge in [0, 0.05) is 11.9 Å². The van der Waals surface area contributed by atoms with Crippen molar-refractivity contribution in [3.8, 4) is 0 Å². The molecule has 0 fully saturated rings. The van der Waals surface area contributed by atoms with Gasteiger partial charge in [0.25, 0.3) is 0 Å². The predicted molar refractivity (Wildman–Crippen MR) is 94.1 cm³/mol. The molecule has 0 radical (unpaired) electrons. The van der Waals surface area contributed by atoms with Crippen molar-refractivity contribution in [1.82, 2.24) is 4.98 Å². The number of aryl methyl sites for hydroxylation is 1. The molecule has 0 unspecified atom stereocenters. The molecule has 0 spiro atoms. The number of unbranched alkanes of at least 4 members (excludes halogenated alkanes) is 1. The number of halogens is 1. The Balaban J connectivity index is 1.92. The average molecular weight is 320 g/mol. The first kappa shape index (κ1) is 15.7. The smallest absolute Gasteiger partial charge is 0.175 e. The Labute approximate surface area is 135 Å². The van der Waals surface area contributed by atoms with Gasteiger partial charge in [0.2, 0.25) is 0 Å². The number of pyridine rings is 1. The standard InChI is InChI=1S/C16H18ClN3S/c1-2-3-5-12-7-9-13(10-8-12)19-16(21)20-14-6-4-11-18-15(14)17/h4,6-11H,2-3,5H2,1H3,(H2,19,20,21). The number of rotatable bonds is 5. The Kier molecular flexibility index (Phi) is 5.96. The molecule has 1 heterocycles. The fraction of sp³-hybridized carbons (Fsp3) is 0.250. The number of hydrogen-bond acceptors (Lipinski definition) is 2. The maximum absolute atomic E-state index is 5.98. The summed E-state index contributed by atoms with van der Waals surface area (Å²) in [6.07, 6.45) is 5.18. The molecule has 2 N–H and O–H groups in total. The van der Waals surface area contributed by atoms with Gasteiger partial charge in [-0.2, -0.15) is 0 Å². The second kappa shape index (κ2) is 7.96. The molecular weight excluding hydrogens is 302 g/mol. The summed E-state index contributed by atoms with van der Waals surface area (Å²) in [5.74, 6) is 0. The number of nitrogens with zero attached hydrogens (tertiary/aromatic N) is 1. The lowest BCUT2D eigenvalue weighted by Gasteiger charge is -2.11. The van der Waals surface area contributed by atoms with Crippen molar-refractivity contribution in [3.63, 3.8) is 0 Å². The van der Waals surface area contributed by atoms with Gasteiger partial charge in [0.15, 0.2) is 10.3 Å². The fourth-order valence-electron chi connectivity index (χ4n) is 1.90. The molecule has 1 aromatic carbocycles. The predicted octanol–water partition coefficient (Wildman–Crippen LogP) is 4.89. The molecule has 1 aromatic heterocycles. The Morgan fingerprint density at radius 1 is 1.19 bits per heavy atom. The van der Waals surface area contributed by atoms with E-state index in [9.17, 15) is 0 Å². The maximum atomic E-state index is 5.98. The van der Waals surface area contributed by atoms with Crippen LogP contribution in [-0.2, 0) is 6.42 Å². The van der Waals surface area contributed by atoms with E-state index >= 15 is 0 Å². The van der Waals surface area contributed by atoms with Crippen LogP contribution in [0.5, 0.6) is 0 Å². The highest BCUT2D eigenvalue weighted by atomic mass is 35.5. The minimum Gasteiger partial charge on any atom is -0.332 e. The third-order valence-corrected chi connectivity index (χ3v) is 3.54. The molecule has 0 bridgehead atoms. The fourth-order valence-corrected chi connectivity index (χ4v) is 2.29. The number of hydrogen-bond donors (Lipinski definition) is 2. The first-order valence-corrected chi connectivity index (χ1v) is 7.75. The highest BCUT2D eigenvalue weighted by Crippen LogP contribution is 2.18. The van der Waals surface area contributed by atoms with Gasteiger partial charge in [-0.25, -0.2) is 4.98 Å². The van der Waals surface area contributed by atoms with Gasteiger partial charge >= 0.3 is 0 Å². The molecule has 0 aliphatic heterocycles. The molecule has 5 heteroatoms. The summed E-state index contributed by atoms with van der Waals surface area (Å²) in [6.45, 7) is 2.20. The van der Waals surface area contributed by atoms with Gasteiger partial charge in [0.1, 0.15) is 0 Å². The Morgan fingerprint density at radius 2 is 1.95 bits per heavy atom. The summed E-state index contributed by atoms with van der Waals surface area (Å²) >= 11 is 11.3. The number of aromatic nitrogens is 1. The van der Waals surface area contributed by atoms with Crippen molar-refractivity contribution in [3.05, 3.63) is 53.3 Å². The van der Waals surface area contributed by atoms with Crippen LogP contribution in [0.15, 0.2) is 42.6 Å². The van der Waals surface area contributed by atoms with Crippen molar-refractivity contribution in [2.75, 3.05) is 10.6 Å². The molecule has 0 saturated heterocycles. The lowest BCUT2D eigenvalue weighted by Crippen LogP contribution is -2.19. The van der Waals surface area contributed by atoms with E-state index in [1.807, 2.05) is 18.2 Å². The monoisotopic (exact) mass is 319 g/mol. The number of nitrogens with one attached hydrogen (secondary N) is 2. The molecule has 110 valence electrons. The van der Waals surface area contributed by atoms with Crippen molar-refractivity contribution in [1.29, 1.82) is 0 Å². The van der Waals surface area contributed by atoms with Crippen molar-refractivity contribution in [2.24, 2.45) is 0 Å². The van der Waals surface area contributed by atoms with Gasteiger partial charge in [0.05, 0.1) is 5.69 Å². The quantitative estimate of drug-likeness (QED) is 0.608. The van der Waals surface area contributed by atoms with E-state index in [4.69, 9.17) is 23.8 Å². The second-order valence-electron chi connectivity index (χ2n) is 4.72. The van der Waals surface area contributed by atoms with E-state index in [-0.39, 0.29) is 0 Å². The van der Waals surface area contributed by atoms with Crippen molar-refractivity contribution < 1.29 is 0 Å². The van der Waals surface area contributed by atoms with Gasteiger partial charge in [-0.3, -0.25) is 0 Å². The molecule has 0 aliphatic carbocycles. The van der Waals surface area contributed by atoms with Crippen LogP contribution in [0, 0.1) is 0 Å². The Morgan fingerprint density at radius 3 is 2.62 bits per heavy atom. The normalized spacial score (nSPS) is 10.2. The van der Waals surface area contributed by atoms with Gasteiger partial charge < -0.3 is 10.6 Å². The lowest BCUT2D eigenvalue weighted by atomic mass is 10.1. The average Bonchev–Trinajstić information content (AvgIpc) is 2.49. The van der Waals surface area contributed by atoms with Crippen LogP contribution in [0.2, 0.25) is 5.15 Å². The van der Waals surface area contributed by atoms with Crippen LogP contribution in [-0.4, -0.2) is 10.1 Å². The van der Waals surface area contributed by atoms with Crippen LogP contribution >= 0.6 is 23.8 Å². The third kappa shape index (κ3) is 4.99. The summed E-state index contributed by atoms with van der Waals surface area (Å²) < 4.78 is 0. The van der Waals surface area contributed by atoms with Crippen LogP contribution in [0.3, 0.4) is 0 Å². The summed E-state index contributed by atoms with van der Waals surface area (Å²) in [5, 5.41) is 7.06. The first-order chi connectivity index (χ1) is 10.2. The minimum atomic E-state index is 0.400. The summed E-state index contributed by atoms with van der Waals surface area (Å²) in [4.78, 5) is 3.99.